The number of benzene rings is 2. The van der Waals surface area contributed by atoms with E-state index in [1.807, 2.05) is 0 Å². The number of aliphatic hydroxyl groups is 2. The van der Waals surface area contributed by atoms with Crippen LogP contribution in [0.25, 0.3) is 0 Å². The molecule has 0 aliphatic heterocycles. The number of hydrogen-bond donors (Lipinski definition) is 6. The van der Waals surface area contributed by atoms with Crippen LogP contribution in [0, 0.1) is 0 Å². The molecule has 13 heteroatoms. The summed E-state index contributed by atoms with van der Waals surface area (Å²) in [5.74, 6) is -4.22. The second-order valence-electron chi connectivity index (χ2n) is 4.46. The monoisotopic (exact) mass is 522 g/mol. The van der Waals surface area contributed by atoms with Gasteiger partial charge in [-0.2, -0.15) is 0 Å². The maximum Gasteiger partial charge on any atom is 2.00 e. The molecule has 0 aromatic heterocycles. The maximum atomic E-state index is 10.8. The van der Waals surface area contributed by atoms with Crippen molar-refractivity contribution in [2.45, 2.75) is 0 Å². The SMILES string of the molecule is [O-]c1c(O)cc(C(O)=S=S)cc1O.[O-]c1c(O)cc(C(O)=S=S)cc1O.[Sr+2]. The topological polar surface area (TPSA) is 168 Å². The molecule has 0 atom stereocenters. The van der Waals surface area contributed by atoms with Crippen LogP contribution in [0.3, 0.4) is 0 Å². The van der Waals surface area contributed by atoms with E-state index < -0.39 is 34.5 Å². The molecule has 0 heterocycles. The number of aromatic hydroxyl groups is 4. The number of rotatable bonds is 2. The van der Waals surface area contributed by atoms with E-state index in [0.29, 0.717) is 19.8 Å². The van der Waals surface area contributed by atoms with Gasteiger partial charge in [-0.15, -0.1) is 0 Å². The van der Waals surface area contributed by atoms with Crippen molar-refractivity contribution in [3.8, 4) is 34.5 Å². The molecule has 27 heavy (non-hydrogen) atoms. The Morgan fingerprint density at radius 1 is 0.667 bits per heavy atom. The van der Waals surface area contributed by atoms with Crippen molar-refractivity contribution in [3.63, 3.8) is 0 Å². The van der Waals surface area contributed by atoms with Crippen LogP contribution < -0.4 is 10.2 Å². The average molecular weight is 522 g/mol. The summed E-state index contributed by atoms with van der Waals surface area (Å²) in [6, 6.07) is 4.15. The van der Waals surface area contributed by atoms with Gasteiger partial charge in [-0.25, -0.2) is 0 Å². The quantitative estimate of drug-likeness (QED) is 0.216. The van der Waals surface area contributed by atoms with Gasteiger partial charge < -0.3 is 40.9 Å². The van der Waals surface area contributed by atoms with Crippen LogP contribution in [0.5, 0.6) is 34.5 Å². The summed E-state index contributed by atoms with van der Waals surface area (Å²) in [5, 5.41) is 75.3. The van der Waals surface area contributed by atoms with Crippen LogP contribution in [0.15, 0.2) is 24.3 Å². The molecule has 0 spiro atoms. The van der Waals surface area contributed by atoms with Gasteiger partial charge in [0.15, 0.2) is 0 Å². The second-order valence-corrected chi connectivity index (χ2v) is 6.57. The van der Waals surface area contributed by atoms with Crippen LogP contribution in [0.4, 0.5) is 0 Å². The van der Waals surface area contributed by atoms with Gasteiger partial charge >= 0.3 is 45.5 Å². The number of aliphatic hydroxyl groups excluding tert-OH is 2. The Kier molecular flexibility index (Phi) is 11.6. The van der Waals surface area contributed by atoms with E-state index in [-0.39, 0.29) is 66.7 Å². The number of hydrogen-bond acceptors (Lipinski definition) is 8. The van der Waals surface area contributed by atoms with Crippen molar-refractivity contribution >= 4 is 97.8 Å². The molecule has 0 unspecified atom stereocenters. The summed E-state index contributed by atoms with van der Waals surface area (Å²) in [6.45, 7) is 0. The molecule has 2 aromatic rings. The third kappa shape index (κ3) is 7.30. The molecular weight excluding hydrogens is 512 g/mol. The largest absolute Gasteiger partial charge is 2.00 e. The van der Waals surface area contributed by atoms with Crippen molar-refractivity contribution in [1.82, 2.24) is 0 Å². The Morgan fingerprint density at radius 3 is 1.07 bits per heavy atom. The van der Waals surface area contributed by atoms with E-state index in [0.717, 1.165) is 24.3 Å². The zero-order chi connectivity index (χ0) is 20.0. The Balaban J connectivity index is 0.000000483. The molecule has 0 saturated carbocycles. The Bertz CT molecular complexity index is 829. The Morgan fingerprint density at radius 2 is 0.889 bits per heavy atom. The van der Waals surface area contributed by atoms with Gasteiger partial charge in [-0.1, -0.05) is 0 Å². The molecule has 6 N–H and O–H groups in total. The van der Waals surface area contributed by atoms with E-state index in [1.165, 1.54) is 0 Å². The molecule has 0 bridgehead atoms. The number of phenolic OH excluding ortho intramolecular Hbond substituents is 4. The van der Waals surface area contributed by atoms with Crippen molar-refractivity contribution < 1.29 is 40.9 Å². The minimum absolute atomic E-state index is 0. The molecule has 2 rings (SSSR count). The fraction of sp³-hybridized carbons (Fsp3) is 0. The second kappa shape index (κ2) is 12.0. The summed E-state index contributed by atoms with van der Waals surface area (Å²) >= 11 is 8.93. The molecule has 0 fully saturated rings. The fourth-order valence-electron chi connectivity index (χ4n) is 1.54. The Hall–Kier alpha value is -0.739. The van der Waals surface area contributed by atoms with Crippen LogP contribution in [0.2, 0.25) is 0 Å². The maximum absolute atomic E-state index is 10.8. The molecule has 140 valence electrons. The first-order chi connectivity index (χ1) is 12.1. The summed E-state index contributed by atoms with van der Waals surface area (Å²) < 4.78 is 0. The minimum atomic E-state index is -0.870. The number of phenols is 4. The van der Waals surface area contributed by atoms with Gasteiger partial charge in [0.05, 0.1) is 0 Å². The van der Waals surface area contributed by atoms with Crippen molar-refractivity contribution in [2.75, 3.05) is 0 Å². The van der Waals surface area contributed by atoms with Gasteiger partial charge in [-0.3, -0.25) is 0 Å². The van der Waals surface area contributed by atoms with Gasteiger partial charge in [0, 0.05) is 11.1 Å². The Labute approximate surface area is 206 Å². The first-order valence-electron chi connectivity index (χ1n) is 6.30. The first kappa shape index (κ1) is 26.3. The van der Waals surface area contributed by atoms with Crippen molar-refractivity contribution in [2.24, 2.45) is 0 Å². The van der Waals surface area contributed by atoms with Gasteiger partial charge in [0.25, 0.3) is 0 Å². The molecular formula is C14H10O8S4Sr. The van der Waals surface area contributed by atoms with E-state index in [1.54, 1.807) is 0 Å². The van der Waals surface area contributed by atoms with Crippen LogP contribution in [-0.2, 0) is 42.2 Å². The summed E-state index contributed by atoms with van der Waals surface area (Å²) in [6.07, 6.45) is 0. The first-order valence-corrected chi connectivity index (χ1v) is 9.78. The summed E-state index contributed by atoms with van der Waals surface area (Å²) in [5.41, 5.74) is 0.240. The smallest absolute Gasteiger partial charge is 0.867 e. The molecule has 0 aliphatic carbocycles. The molecule has 0 aliphatic rings. The van der Waals surface area contributed by atoms with Crippen LogP contribution in [0.1, 0.15) is 11.1 Å². The molecule has 2 aromatic carbocycles. The third-order valence-electron chi connectivity index (χ3n) is 2.75. The predicted molar refractivity (Wildman–Crippen MR) is 107 cm³/mol. The van der Waals surface area contributed by atoms with Gasteiger partial charge in [-0.05, 0) is 78.0 Å². The van der Waals surface area contributed by atoms with E-state index in [2.05, 4.69) is 22.4 Å². The standard InChI is InChI=1S/2C7H6O4S2.Sr/c2*8-4-1-3(7(11)13-12)2-5(9)6(4)10;/h2*1-2,8-11H;/q;;+2/p-2. The van der Waals surface area contributed by atoms with Crippen molar-refractivity contribution in [3.05, 3.63) is 35.4 Å². The van der Waals surface area contributed by atoms with Gasteiger partial charge in [0.1, 0.15) is 33.1 Å². The zero-order valence-corrected chi connectivity index (χ0v) is 19.9. The van der Waals surface area contributed by atoms with E-state index >= 15 is 0 Å². The van der Waals surface area contributed by atoms with Crippen LogP contribution in [-0.4, -0.2) is 86.2 Å². The zero-order valence-electron chi connectivity index (χ0n) is 13.1. The molecule has 0 saturated heterocycles. The van der Waals surface area contributed by atoms with E-state index in [9.17, 15) is 10.2 Å². The van der Waals surface area contributed by atoms with Gasteiger partial charge in [0.2, 0.25) is 0 Å². The summed E-state index contributed by atoms with van der Waals surface area (Å²) in [4.78, 5) is 0. The third-order valence-corrected chi connectivity index (χ3v) is 4.49. The van der Waals surface area contributed by atoms with Crippen molar-refractivity contribution in [1.29, 1.82) is 0 Å². The van der Waals surface area contributed by atoms with Crippen LogP contribution >= 0.6 is 0 Å². The average Bonchev–Trinajstić information content (AvgIpc) is 2.62. The molecule has 8 nitrogen and oxygen atoms in total. The minimum Gasteiger partial charge on any atom is -0.867 e. The fourth-order valence-corrected chi connectivity index (χ4v) is 2.55. The normalized spacial score (nSPS) is 9.26. The summed E-state index contributed by atoms with van der Waals surface area (Å²) in [7, 11) is 1.26. The van der Waals surface area contributed by atoms with E-state index in [4.69, 9.17) is 30.6 Å². The molecule has 0 radical (unpaired) electrons. The molecule has 0 amide bonds. The predicted octanol–water partition coefficient (Wildman–Crippen LogP) is -0.877.